The first-order valence-corrected chi connectivity index (χ1v) is 11.0. The lowest BCUT2D eigenvalue weighted by molar-refractivity contribution is -0.136. The molecule has 1 atom stereocenters. The molecule has 6 nitrogen and oxygen atoms in total. The lowest BCUT2D eigenvalue weighted by Gasteiger charge is -2.49. The first kappa shape index (κ1) is 18.1. The molecule has 138 valence electrons. The Labute approximate surface area is 144 Å². The Hall–Kier alpha value is -0.660. The number of rotatable bonds is 6. The van der Waals surface area contributed by atoms with Crippen molar-refractivity contribution in [2.45, 2.75) is 32.1 Å². The Kier molecular flexibility index (Phi) is 5.52. The average Bonchev–Trinajstić information content (AvgIpc) is 3.32. The summed E-state index contributed by atoms with van der Waals surface area (Å²) in [5.41, 5.74) is 0.184. The van der Waals surface area contributed by atoms with Crippen LogP contribution in [0.5, 0.6) is 0 Å². The van der Waals surface area contributed by atoms with Crippen molar-refractivity contribution in [3.05, 3.63) is 0 Å². The normalized spacial score (nSPS) is 27.4. The van der Waals surface area contributed by atoms with Crippen LogP contribution in [0.15, 0.2) is 0 Å². The number of likely N-dealkylation sites (tertiary alicyclic amines) is 1. The first-order chi connectivity index (χ1) is 11.4. The van der Waals surface area contributed by atoms with Crippen molar-refractivity contribution in [1.82, 2.24) is 4.90 Å². The number of hydrogen-bond donors (Lipinski definition) is 0. The van der Waals surface area contributed by atoms with Crippen molar-refractivity contribution in [2.75, 3.05) is 51.5 Å². The van der Waals surface area contributed by atoms with Crippen molar-refractivity contribution >= 4 is 15.7 Å². The highest BCUT2D eigenvalue weighted by Gasteiger charge is 2.44. The number of carbonyl (C=O) groups excluding carboxylic acids is 1. The van der Waals surface area contributed by atoms with Gasteiger partial charge in [0.05, 0.1) is 13.2 Å². The number of sulfone groups is 1. The molecule has 1 amide bonds. The highest BCUT2D eigenvalue weighted by molar-refractivity contribution is 7.91. The summed E-state index contributed by atoms with van der Waals surface area (Å²) < 4.78 is 34.3. The van der Waals surface area contributed by atoms with E-state index in [0.29, 0.717) is 19.0 Å². The van der Waals surface area contributed by atoms with Crippen LogP contribution in [0.1, 0.15) is 32.1 Å². The molecule has 3 aliphatic rings. The van der Waals surface area contributed by atoms with Crippen LogP contribution in [-0.4, -0.2) is 70.8 Å². The largest absolute Gasteiger partial charge is 0.381 e. The van der Waals surface area contributed by atoms with Gasteiger partial charge in [-0.05, 0) is 43.4 Å². The maximum Gasteiger partial charge on any atom is 0.237 e. The second kappa shape index (κ2) is 7.30. The van der Waals surface area contributed by atoms with Crippen LogP contribution < -0.4 is 0 Å². The predicted molar refractivity (Wildman–Crippen MR) is 90.4 cm³/mol. The summed E-state index contributed by atoms with van der Waals surface area (Å²) >= 11 is 0. The smallest absolute Gasteiger partial charge is 0.237 e. The molecule has 0 bridgehead atoms. The van der Waals surface area contributed by atoms with E-state index in [-0.39, 0.29) is 17.1 Å². The summed E-state index contributed by atoms with van der Waals surface area (Å²) in [6.45, 7) is 4.42. The maximum atomic E-state index is 12.1. The highest BCUT2D eigenvalue weighted by Crippen LogP contribution is 2.45. The van der Waals surface area contributed by atoms with E-state index in [2.05, 4.69) is 0 Å². The number of nitrogens with zero attached hydrogens (tertiary/aromatic N) is 1. The minimum Gasteiger partial charge on any atom is -0.381 e. The van der Waals surface area contributed by atoms with Crippen LogP contribution in [0.3, 0.4) is 0 Å². The molecule has 1 spiro atoms. The van der Waals surface area contributed by atoms with E-state index in [1.54, 1.807) is 4.90 Å². The van der Waals surface area contributed by atoms with E-state index < -0.39 is 9.84 Å². The van der Waals surface area contributed by atoms with E-state index >= 15 is 0 Å². The van der Waals surface area contributed by atoms with E-state index in [0.717, 1.165) is 57.9 Å². The van der Waals surface area contributed by atoms with E-state index in [1.807, 2.05) is 0 Å². The van der Waals surface area contributed by atoms with Crippen molar-refractivity contribution in [3.63, 3.8) is 0 Å². The van der Waals surface area contributed by atoms with E-state index in [4.69, 9.17) is 9.47 Å². The number of carbonyl (C=O) groups is 1. The molecule has 2 saturated heterocycles. The Morgan fingerprint density at radius 3 is 2.54 bits per heavy atom. The molecule has 24 heavy (non-hydrogen) atoms. The Morgan fingerprint density at radius 2 is 1.92 bits per heavy atom. The van der Waals surface area contributed by atoms with Gasteiger partial charge in [-0.15, -0.1) is 0 Å². The molecular weight excluding hydrogens is 330 g/mol. The highest BCUT2D eigenvalue weighted by atomic mass is 32.2. The van der Waals surface area contributed by atoms with Crippen LogP contribution in [0.25, 0.3) is 0 Å². The number of amides is 1. The lowest BCUT2D eigenvalue weighted by Crippen LogP contribution is -2.51. The second-order valence-corrected chi connectivity index (χ2v) is 9.96. The predicted octanol–water partition coefficient (Wildman–Crippen LogP) is 1.10. The Bertz CT molecular complexity index is 549. The summed E-state index contributed by atoms with van der Waals surface area (Å²) in [4.78, 5) is 13.8. The van der Waals surface area contributed by atoms with E-state index in [9.17, 15) is 13.2 Å². The minimum absolute atomic E-state index is 0.184. The quantitative estimate of drug-likeness (QED) is 0.710. The lowest BCUT2D eigenvalue weighted by atomic mass is 9.66. The zero-order valence-corrected chi connectivity index (χ0v) is 15.4. The van der Waals surface area contributed by atoms with Gasteiger partial charge in [-0.3, -0.25) is 4.79 Å². The maximum absolute atomic E-state index is 12.1. The fourth-order valence-electron chi connectivity index (χ4n) is 3.94. The molecule has 0 aromatic carbocycles. The standard InChI is InChI=1S/C17H29NO5S/c1-24(20,21)13-16(19)18-7-4-17(5-8-18)6-9-22-11-15(17)12-23-10-14-2-3-14/h14-15H,2-13H2,1H3. The molecule has 1 unspecified atom stereocenters. The number of hydrogen-bond acceptors (Lipinski definition) is 5. The summed E-state index contributed by atoms with van der Waals surface area (Å²) in [6.07, 6.45) is 6.56. The third-order valence-electron chi connectivity index (χ3n) is 5.80. The third kappa shape index (κ3) is 4.70. The second-order valence-electron chi connectivity index (χ2n) is 7.82. The Balaban J connectivity index is 1.53. The van der Waals surface area contributed by atoms with Gasteiger partial charge in [0.2, 0.25) is 5.91 Å². The van der Waals surface area contributed by atoms with Crippen LogP contribution in [0, 0.1) is 17.3 Å². The topological polar surface area (TPSA) is 72.9 Å². The number of piperidine rings is 1. The van der Waals surface area contributed by atoms with Crippen LogP contribution >= 0.6 is 0 Å². The summed E-state index contributed by atoms with van der Waals surface area (Å²) in [5.74, 6) is 0.510. The molecule has 2 aliphatic heterocycles. The molecule has 3 rings (SSSR count). The molecule has 1 aliphatic carbocycles. The molecule has 1 saturated carbocycles. The molecule has 0 radical (unpaired) electrons. The van der Waals surface area contributed by atoms with Gasteiger partial charge in [0.25, 0.3) is 0 Å². The van der Waals surface area contributed by atoms with Crippen LogP contribution in [0.2, 0.25) is 0 Å². The van der Waals surface area contributed by atoms with Gasteiger partial charge in [-0.1, -0.05) is 0 Å². The van der Waals surface area contributed by atoms with Gasteiger partial charge in [0.15, 0.2) is 9.84 Å². The van der Waals surface area contributed by atoms with Crippen molar-refractivity contribution < 1.29 is 22.7 Å². The van der Waals surface area contributed by atoms with Crippen molar-refractivity contribution in [1.29, 1.82) is 0 Å². The van der Waals surface area contributed by atoms with Crippen LogP contribution in [0.4, 0.5) is 0 Å². The zero-order valence-electron chi connectivity index (χ0n) is 14.5. The average molecular weight is 359 g/mol. The van der Waals surface area contributed by atoms with Gasteiger partial charge >= 0.3 is 0 Å². The van der Waals surface area contributed by atoms with Gasteiger partial charge in [-0.2, -0.15) is 0 Å². The van der Waals surface area contributed by atoms with Gasteiger partial charge in [0, 0.05) is 38.5 Å². The fraction of sp³-hybridized carbons (Fsp3) is 0.941. The molecular formula is C17H29NO5S. The molecule has 7 heteroatoms. The number of ether oxygens (including phenoxy) is 2. The molecule has 0 aromatic heterocycles. The molecule has 3 fully saturated rings. The van der Waals surface area contributed by atoms with Crippen LogP contribution in [-0.2, 0) is 24.1 Å². The zero-order chi connectivity index (χ0) is 17.2. The Morgan fingerprint density at radius 1 is 1.21 bits per heavy atom. The third-order valence-corrected chi connectivity index (χ3v) is 6.57. The SMILES string of the molecule is CS(=O)(=O)CC(=O)N1CCC2(CCOCC2COCC2CC2)CC1. The minimum atomic E-state index is -3.26. The van der Waals surface area contributed by atoms with E-state index in [1.165, 1.54) is 12.8 Å². The molecule has 0 aromatic rings. The monoisotopic (exact) mass is 359 g/mol. The molecule has 0 N–H and O–H groups in total. The van der Waals surface area contributed by atoms with Crippen molar-refractivity contribution in [2.24, 2.45) is 17.3 Å². The van der Waals surface area contributed by atoms with Crippen molar-refractivity contribution in [3.8, 4) is 0 Å². The summed E-state index contributed by atoms with van der Waals surface area (Å²) in [6, 6.07) is 0. The summed E-state index contributed by atoms with van der Waals surface area (Å²) in [5, 5.41) is 0. The molecule has 2 heterocycles. The van der Waals surface area contributed by atoms with Gasteiger partial charge in [-0.25, -0.2) is 8.42 Å². The first-order valence-electron chi connectivity index (χ1n) is 8.99. The van der Waals surface area contributed by atoms with Gasteiger partial charge < -0.3 is 14.4 Å². The fourth-order valence-corrected chi connectivity index (χ4v) is 4.57. The summed E-state index contributed by atoms with van der Waals surface area (Å²) in [7, 11) is -3.26. The van der Waals surface area contributed by atoms with Gasteiger partial charge in [0.1, 0.15) is 5.75 Å².